The molecule has 9 heteroatoms. The number of nitrogens with one attached hydrogen (secondary N) is 2. The van der Waals surface area contributed by atoms with Crippen LogP contribution in [0.25, 0.3) is 10.1 Å². The fourth-order valence-electron chi connectivity index (χ4n) is 2.90. The van der Waals surface area contributed by atoms with Gasteiger partial charge in [0.2, 0.25) is 10.0 Å². The van der Waals surface area contributed by atoms with Gasteiger partial charge in [0, 0.05) is 28.4 Å². The molecule has 3 rings (SSSR count). The third-order valence-corrected chi connectivity index (χ3v) is 7.01. The molecule has 0 fully saturated rings. The van der Waals surface area contributed by atoms with E-state index in [1.54, 1.807) is 31.2 Å². The summed E-state index contributed by atoms with van der Waals surface area (Å²) < 4.78 is 46.6. The molecule has 148 valence electrons. The number of fused-ring (bicyclic) bond motifs is 1. The van der Waals surface area contributed by atoms with Crippen LogP contribution in [-0.2, 0) is 21.4 Å². The van der Waals surface area contributed by atoms with E-state index in [1.165, 1.54) is 26.3 Å². The second-order valence-electron chi connectivity index (χ2n) is 6.10. The fraction of sp³-hybridized carbons (Fsp3) is 0.211. The van der Waals surface area contributed by atoms with Gasteiger partial charge in [-0.15, -0.1) is 11.3 Å². The number of hydrogen-bond donors (Lipinski definition) is 2. The van der Waals surface area contributed by atoms with Crippen molar-refractivity contribution in [3.05, 3.63) is 58.2 Å². The van der Waals surface area contributed by atoms with Gasteiger partial charge in [0.15, 0.2) is 0 Å². The van der Waals surface area contributed by atoms with Crippen LogP contribution in [0.4, 0.5) is 10.1 Å². The van der Waals surface area contributed by atoms with E-state index >= 15 is 0 Å². The maximum Gasteiger partial charge on any atom is 0.266 e. The van der Waals surface area contributed by atoms with Crippen LogP contribution in [0.2, 0.25) is 0 Å². The van der Waals surface area contributed by atoms with Gasteiger partial charge in [-0.1, -0.05) is 12.1 Å². The molecule has 6 nitrogen and oxygen atoms in total. The van der Waals surface area contributed by atoms with Crippen molar-refractivity contribution < 1.29 is 22.3 Å². The summed E-state index contributed by atoms with van der Waals surface area (Å²) in [5, 5.41) is 3.07. The van der Waals surface area contributed by atoms with Gasteiger partial charge in [0.25, 0.3) is 5.91 Å². The van der Waals surface area contributed by atoms with Crippen molar-refractivity contribution >= 4 is 43.0 Å². The summed E-state index contributed by atoms with van der Waals surface area (Å²) >= 11 is 1.16. The number of ether oxygens (including phenoxy) is 1. The monoisotopic (exact) mass is 422 g/mol. The molecule has 0 saturated carbocycles. The van der Waals surface area contributed by atoms with E-state index in [-0.39, 0.29) is 11.5 Å². The summed E-state index contributed by atoms with van der Waals surface area (Å²) in [6.07, 6.45) is 0. The molecule has 28 heavy (non-hydrogen) atoms. The number of benzene rings is 2. The first kappa shape index (κ1) is 20.4. The average molecular weight is 423 g/mol. The number of anilines is 1. The molecule has 2 aromatic carbocycles. The highest BCUT2D eigenvalue weighted by Gasteiger charge is 2.22. The van der Waals surface area contributed by atoms with Crippen LogP contribution in [0, 0.1) is 12.7 Å². The molecule has 0 atom stereocenters. The highest BCUT2D eigenvalue weighted by molar-refractivity contribution is 7.89. The summed E-state index contributed by atoms with van der Waals surface area (Å²) in [4.78, 5) is 13.3. The molecular formula is C19H19FN2O4S2. The summed E-state index contributed by atoms with van der Waals surface area (Å²) in [7, 11) is -0.868. The van der Waals surface area contributed by atoms with Crippen molar-refractivity contribution in [2.24, 2.45) is 0 Å². The van der Waals surface area contributed by atoms with Gasteiger partial charge in [-0.2, -0.15) is 0 Å². The molecule has 0 saturated heterocycles. The number of sulfonamides is 1. The van der Waals surface area contributed by atoms with Crippen molar-refractivity contribution in [3.8, 4) is 0 Å². The Hall–Kier alpha value is -2.33. The normalized spacial score (nSPS) is 11.7. The molecule has 0 aliphatic heterocycles. The zero-order chi connectivity index (χ0) is 20.5. The molecule has 0 aliphatic carbocycles. The third-order valence-electron chi connectivity index (χ3n) is 4.26. The van der Waals surface area contributed by atoms with Crippen molar-refractivity contribution in [2.75, 3.05) is 19.5 Å². The lowest BCUT2D eigenvalue weighted by atomic mass is 10.1. The average Bonchev–Trinajstić information content (AvgIpc) is 3.03. The quantitative estimate of drug-likeness (QED) is 0.635. The van der Waals surface area contributed by atoms with Crippen molar-refractivity contribution in [1.29, 1.82) is 0 Å². The lowest BCUT2D eigenvalue weighted by Crippen LogP contribution is -2.20. The van der Waals surface area contributed by atoms with Crippen LogP contribution in [0.3, 0.4) is 0 Å². The van der Waals surface area contributed by atoms with Gasteiger partial charge in [0.1, 0.15) is 5.82 Å². The van der Waals surface area contributed by atoms with Crippen molar-refractivity contribution in [3.63, 3.8) is 0 Å². The predicted octanol–water partition coefficient (Wildman–Crippen LogP) is 3.66. The van der Waals surface area contributed by atoms with Crippen LogP contribution >= 0.6 is 11.3 Å². The maximum absolute atomic E-state index is 14.3. The summed E-state index contributed by atoms with van der Waals surface area (Å²) in [6, 6.07) is 9.28. The minimum atomic E-state index is -3.66. The standard InChI is InChI=1S/C19H19FN2O4S2/c1-11-7-8-12(9-16(11)28(24,25)21-2)22-19(23)18-13(10-26-3)17-14(20)5-4-6-15(17)27-18/h4-9,21H,10H2,1-3H3,(H,22,23). The highest BCUT2D eigenvalue weighted by Crippen LogP contribution is 2.34. The molecule has 2 N–H and O–H groups in total. The second kappa shape index (κ2) is 7.96. The lowest BCUT2D eigenvalue weighted by Gasteiger charge is -2.11. The zero-order valence-corrected chi connectivity index (χ0v) is 17.1. The van der Waals surface area contributed by atoms with Crippen molar-refractivity contribution in [1.82, 2.24) is 4.72 Å². The summed E-state index contributed by atoms with van der Waals surface area (Å²) in [5.41, 5.74) is 1.34. The number of carbonyl (C=O) groups excluding carboxylic acids is 1. The maximum atomic E-state index is 14.3. The Kier molecular flexibility index (Phi) is 5.80. The summed E-state index contributed by atoms with van der Waals surface area (Å²) in [5.74, 6) is -0.873. The molecular weight excluding hydrogens is 403 g/mol. The Balaban J connectivity index is 2.02. The molecule has 1 aromatic heterocycles. The third kappa shape index (κ3) is 3.79. The Labute approximate surface area is 166 Å². The van der Waals surface area contributed by atoms with Gasteiger partial charge >= 0.3 is 0 Å². The predicted molar refractivity (Wildman–Crippen MR) is 108 cm³/mol. The first-order valence-electron chi connectivity index (χ1n) is 8.33. The number of halogens is 1. The van der Waals surface area contributed by atoms with Gasteiger partial charge in [-0.05, 0) is 43.8 Å². The topological polar surface area (TPSA) is 84.5 Å². The molecule has 0 radical (unpaired) electrons. The van der Waals surface area contributed by atoms with E-state index in [0.29, 0.717) is 31.8 Å². The van der Waals surface area contributed by atoms with E-state index in [0.717, 1.165) is 11.3 Å². The van der Waals surface area contributed by atoms with Crippen LogP contribution in [0.15, 0.2) is 41.3 Å². The van der Waals surface area contributed by atoms with Crippen LogP contribution < -0.4 is 10.0 Å². The van der Waals surface area contributed by atoms with Gasteiger partial charge < -0.3 is 10.1 Å². The minimum Gasteiger partial charge on any atom is -0.380 e. The van der Waals surface area contributed by atoms with Gasteiger partial charge in [-0.3, -0.25) is 4.79 Å². The smallest absolute Gasteiger partial charge is 0.266 e. The molecule has 0 aliphatic rings. The molecule has 1 heterocycles. The second-order valence-corrected chi connectivity index (χ2v) is 9.00. The zero-order valence-electron chi connectivity index (χ0n) is 15.5. The number of methoxy groups -OCH3 is 1. The summed E-state index contributed by atoms with van der Waals surface area (Å²) in [6.45, 7) is 1.75. The number of aryl methyl sites for hydroxylation is 1. The Morgan fingerprint density at radius 2 is 2.00 bits per heavy atom. The number of amides is 1. The fourth-order valence-corrected chi connectivity index (χ4v) is 5.01. The lowest BCUT2D eigenvalue weighted by molar-refractivity contribution is 0.102. The van der Waals surface area contributed by atoms with Crippen LogP contribution in [0.1, 0.15) is 20.8 Å². The van der Waals surface area contributed by atoms with E-state index < -0.39 is 21.7 Å². The number of hydrogen-bond acceptors (Lipinski definition) is 5. The molecule has 0 unspecified atom stereocenters. The Morgan fingerprint density at radius 3 is 2.68 bits per heavy atom. The largest absolute Gasteiger partial charge is 0.380 e. The van der Waals surface area contributed by atoms with Gasteiger partial charge in [0.05, 0.1) is 16.4 Å². The number of rotatable bonds is 6. The van der Waals surface area contributed by atoms with E-state index in [9.17, 15) is 17.6 Å². The number of carbonyl (C=O) groups is 1. The highest BCUT2D eigenvalue weighted by atomic mass is 32.2. The minimum absolute atomic E-state index is 0.0762. The Bertz CT molecular complexity index is 1160. The van der Waals surface area contributed by atoms with Crippen molar-refractivity contribution in [2.45, 2.75) is 18.4 Å². The van der Waals surface area contributed by atoms with E-state index in [4.69, 9.17) is 4.74 Å². The van der Waals surface area contributed by atoms with Crippen LogP contribution in [0.5, 0.6) is 0 Å². The molecule has 0 spiro atoms. The van der Waals surface area contributed by atoms with E-state index in [1.807, 2.05) is 0 Å². The van der Waals surface area contributed by atoms with Gasteiger partial charge in [-0.25, -0.2) is 17.5 Å². The molecule has 3 aromatic rings. The SMILES string of the molecule is CNS(=O)(=O)c1cc(NC(=O)c2sc3cccc(F)c3c2COC)ccc1C. The molecule has 1 amide bonds. The Morgan fingerprint density at radius 1 is 1.25 bits per heavy atom. The van der Waals surface area contributed by atoms with Crippen LogP contribution in [-0.4, -0.2) is 28.5 Å². The number of thiophene rings is 1. The van der Waals surface area contributed by atoms with E-state index in [2.05, 4.69) is 10.0 Å². The first-order chi connectivity index (χ1) is 13.3. The molecule has 0 bridgehead atoms. The first-order valence-corrected chi connectivity index (χ1v) is 10.6.